The van der Waals surface area contributed by atoms with Crippen molar-refractivity contribution in [2.45, 2.75) is 0 Å². The molecule has 8 aromatic carbocycles. The number of rotatable bonds is 4. The Morgan fingerprint density at radius 3 is 1.89 bits per heavy atom. The van der Waals surface area contributed by atoms with E-state index < -0.39 is 0 Å². The van der Waals surface area contributed by atoms with Crippen molar-refractivity contribution >= 4 is 84.8 Å². The van der Waals surface area contributed by atoms with Crippen molar-refractivity contribution in [3.63, 3.8) is 0 Å². The van der Waals surface area contributed by atoms with E-state index >= 15 is 0 Å². The van der Waals surface area contributed by atoms with Crippen molar-refractivity contribution in [1.29, 1.82) is 10.5 Å². The van der Waals surface area contributed by atoms with E-state index in [1.807, 2.05) is 59.1 Å². The van der Waals surface area contributed by atoms with Crippen LogP contribution in [0, 0.1) is 22.7 Å². The fraction of sp³-hybridized carbons (Fsp3) is 0. The minimum absolute atomic E-state index is 0.535. The predicted molar refractivity (Wildman–Crippen MR) is 232 cm³/mol. The van der Waals surface area contributed by atoms with Gasteiger partial charge in [-0.05, 0) is 89.0 Å². The molecule has 0 aliphatic heterocycles. The number of fused-ring (bicyclic) bond motifs is 10. The molecule has 0 aliphatic rings. The van der Waals surface area contributed by atoms with E-state index in [-0.39, 0.29) is 0 Å². The first-order valence-corrected chi connectivity index (χ1v) is 19.8. The molecule has 0 amide bonds. The van der Waals surface area contributed by atoms with E-state index in [0.717, 1.165) is 44.6 Å². The fourth-order valence-electron chi connectivity index (χ4n) is 8.44. The third kappa shape index (κ3) is 4.78. The molecule has 11 rings (SSSR count). The van der Waals surface area contributed by atoms with E-state index in [0.29, 0.717) is 11.1 Å². The van der Waals surface area contributed by atoms with Crippen molar-refractivity contribution < 1.29 is 0 Å². The van der Waals surface area contributed by atoms with Gasteiger partial charge in [-0.25, -0.2) is 0 Å². The number of nitriles is 2. The van der Waals surface area contributed by atoms with E-state index in [1.54, 1.807) is 0 Å². The normalized spacial score (nSPS) is 11.6. The number of para-hydroxylation sites is 1. The van der Waals surface area contributed by atoms with Gasteiger partial charge in [-0.3, -0.25) is 0 Å². The van der Waals surface area contributed by atoms with Gasteiger partial charge in [0.15, 0.2) is 0 Å². The topological polar surface area (TPSA) is 52.5 Å². The van der Waals surface area contributed by atoms with Crippen LogP contribution in [-0.4, -0.2) is 4.57 Å². The zero-order valence-electron chi connectivity index (χ0n) is 29.2. The highest BCUT2D eigenvalue weighted by Crippen LogP contribution is 2.45. The number of thiophene rings is 2. The van der Waals surface area contributed by atoms with E-state index in [1.165, 1.54) is 56.6 Å². The van der Waals surface area contributed by atoms with Crippen LogP contribution in [-0.2, 0) is 0 Å². The largest absolute Gasteiger partial charge is 0.309 e. The van der Waals surface area contributed by atoms with Crippen molar-refractivity contribution in [3.05, 3.63) is 175 Å². The molecule has 0 unspecified atom stereocenters. The molecule has 0 radical (unpaired) electrons. The number of benzene rings is 8. The molecule has 0 N–H and O–H groups in total. The SMILES string of the molecule is N#Cc1ccccc1-c1cc(-c2ccc(-n3c4ccccc4c4ccc5sc6ccccc6c5c43)cc2-c2ccc3sc4ccccc4c3c2)ccc1C#N. The second-order valence-corrected chi connectivity index (χ2v) is 16.0. The lowest BCUT2D eigenvalue weighted by Crippen LogP contribution is -1.97. The molecule has 0 saturated carbocycles. The number of nitrogens with zero attached hydrogens (tertiary/aromatic N) is 3. The Bertz CT molecular complexity index is 3470. The molecule has 3 heterocycles. The molecule has 3 nitrogen and oxygen atoms in total. The Hall–Kier alpha value is -7.02. The van der Waals surface area contributed by atoms with Crippen molar-refractivity contribution in [3.8, 4) is 51.2 Å². The molecule has 11 aromatic rings. The molecule has 0 saturated heterocycles. The highest BCUT2D eigenvalue weighted by atomic mass is 32.1. The van der Waals surface area contributed by atoms with E-state index in [2.05, 4.69) is 144 Å². The maximum atomic E-state index is 10.2. The van der Waals surface area contributed by atoms with Gasteiger partial charge < -0.3 is 4.57 Å². The summed E-state index contributed by atoms with van der Waals surface area (Å²) in [6.45, 7) is 0. The lowest BCUT2D eigenvalue weighted by Gasteiger charge is -2.17. The summed E-state index contributed by atoms with van der Waals surface area (Å²) >= 11 is 3.66. The van der Waals surface area contributed by atoms with Crippen LogP contribution in [0.2, 0.25) is 0 Å². The van der Waals surface area contributed by atoms with Gasteiger partial charge in [-0.2, -0.15) is 10.5 Å². The Balaban J connectivity index is 1.22. The smallest absolute Gasteiger partial charge is 0.0998 e. The highest BCUT2D eigenvalue weighted by molar-refractivity contribution is 7.26. The Kier molecular flexibility index (Phi) is 7.03. The minimum atomic E-state index is 0.535. The molecule has 5 heteroatoms. The monoisotopic (exact) mass is 733 g/mol. The van der Waals surface area contributed by atoms with Crippen molar-refractivity contribution in [2.24, 2.45) is 0 Å². The molecule has 254 valence electrons. The van der Waals surface area contributed by atoms with Crippen LogP contribution in [0.25, 0.3) is 101 Å². The Morgan fingerprint density at radius 1 is 0.400 bits per heavy atom. The third-order valence-corrected chi connectivity index (χ3v) is 13.2. The summed E-state index contributed by atoms with van der Waals surface area (Å²) in [5.74, 6) is 0. The summed E-state index contributed by atoms with van der Waals surface area (Å²) in [4.78, 5) is 0. The summed E-state index contributed by atoms with van der Waals surface area (Å²) < 4.78 is 7.53. The van der Waals surface area contributed by atoms with Gasteiger partial charge in [-0.1, -0.05) is 97.1 Å². The van der Waals surface area contributed by atoms with Crippen LogP contribution >= 0.6 is 22.7 Å². The van der Waals surface area contributed by atoms with Crippen molar-refractivity contribution in [2.75, 3.05) is 0 Å². The van der Waals surface area contributed by atoms with Crippen LogP contribution < -0.4 is 0 Å². The summed E-state index contributed by atoms with van der Waals surface area (Å²) in [7, 11) is 0. The average molecular weight is 734 g/mol. The maximum Gasteiger partial charge on any atom is 0.0998 e. The fourth-order valence-corrected chi connectivity index (χ4v) is 10.6. The number of aromatic nitrogens is 1. The molecule has 0 aliphatic carbocycles. The van der Waals surface area contributed by atoms with Gasteiger partial charge in [0.2, 0.25) is 0 Å². The average Bonchev–Trinajstić information content (AvgIpc) is 3.92. The van der Waals surface area contributed by atoms with Crippen LogP contribution in [0.3, 0.4) is 0 Å². The highest BCUT2D eigenvalue weighted by Gasteiger charge is 2.21. The van der Waals surface area contributed by atoms with Crippen LogP contribution in [0.5, 0.6) is 0 Å². The summed E-state index contributed by atoms with van der Waals surface area (Å²) in [6, 6.07) is 62.5. The predicted octanol–water partition coefficient (Wildman–Crippen LogP) is 14.3. The molecule has 3 aromatic heterocycles. The molecule has 55 heavy (non-hydrogen) atoms. The quantitative estimate of drug-likeness (QED) is 0.181. The first-order valence-electron chi connectivity index (χ1n) is 18.1. The van der Waals surface area contributed by atoms with Gasteiger partial charge >= 0.3 is 0 Å². The third-order valence-electron chi connectivity index (χ3n) is 10.9. The number of hydrogen-bond donors (Lipinski definition) is 0. The summed E-state index contributed by atoms with van der Waals surface area (Å²) in [5.41, 5.74) is 10.3. The number of hydrogen-bond acceptors (Lipinski definition) is 4. The molecule has 0 bridgehead atoms. The van der Waals surface area contributed by atoms with Crippen LogP contribution in [0.4, 0.5) is 0 Å². The van der Waals surface area contributed by atoms with Gasteiger partial charge in [0, 0.05) is 67.9 Å². The first kappa shape index (κ1) is 31.5. The first-order chi connectivity index (χ1) is 27.2. The van der Waals surface area contributed by atoms with Crippen molar-refractivity contribution in [1.82, 2.24) is 4.57 Å². The van der Waals surface area contributed by atoms with E-state index in [4.69, 9.17) is 0 Å². The zero-order valence-corrected chi connectivity index (χ0v) is 30.9. The van der Waals surface area contributed by atoms with Crippen LogP contribution in [0.15, 0.2) is 164 Å². The molecule has 0 spiro atoms. The standard InChI is InChI=1S/C50H27N3S2/c51-28-32-9-1-2-10-35(32)41-25-30(17-18-33(41)29-52)36-21-20-34(27-42(36)31-19-23-47-43(26-31)38-12-4-7-15-45(38)54-47)53-44-14-6-3-11-37(44)39-22-24-48-49(50(39)53)40-13-5-8-16-46(40)55-48/h1-27H. The lowest BCUT2D eigenvalue weighted by atomic mass is 9.89. The molecular formula is C50H27N3S2. The minimum Gasteiger partial charge on any atom is -0.309 e. The van der Waals surface area contributed by atoms with Gasteiger partial charge in [0.1, 0.15) is 0 Å². The second-order valence-electron chi connectivity index (χ2n) is 13.9. The summed E-state index contributed by atoms with van der Waals surface area (Å²) in [5, 5.41) is 27.7. The van der Waals surface area contributed by atoms with Gasteiger partial charge in [0.25, 0.3) is 0 Å². The Morgan fingerprint density at radius 2 is 1.04 bits per heavy atom. The Labute approximate surface area is 324 Å². The zero-order chi connectivity index (χ0) is 36.6. The van der Waals surface area contributed by atoms with E-state index in [9.17, 15) is 10.5 Å². The molecule has 0 fully saturated rings. The molecular weight excluding hydrogens is 707 g/mol. The van der Waals surface area contributed by atoms with Crippen LogP contribution in [0.1, 0.15) is 11.1 Å². The van der Waals surface area contributed by atoms with Gasteiger partial charge in [0.05, 0.1) is 34.3 Å². The maximum absolute atomic E-state index is 10.2. The van der Waals surface area contributed by atoms with Gasteiger partial charge in [-0.15, -0.1) is 22.7 Å². The lowest BCUT2D eigenvalue weighted by molar-refractivity contribution is 1.19. The summed E-state index contributed by atoms with van der Waals surface area (Å²) in [6.07, 6.45) is 0. The molecule has 0 atom stereocenters. The second kappa shape index (κ2) is 12.3.